The Morgan fingerprint density at radius 2 is 1.07 bits per heavy atom. The van der Waals surface area contributed by atoms with Crippen LogP contribution >= 0.6 is 0 Å². The van der Waals surface area contributed by atoms with Crippen molar-refractivity contribution in [2.75, 3.05) is 0 Å². The molecule has 1 aliphatic heterocycles. The molecule has 3 heteroatoms. The van der Waals surface area contributed by atoms with E-state index < -0.39 is 9.28 Å². The Hall–Kier alpha value is -1.74. The van der Waals surface area contributed by atoms with E-state index in [0.29, 0.717) is 0 Å². The fraction of sp³-hybridized carbons (Fsp3) is 0.500. The van der Waals surface area contributed by atoms with Crippen molar-refractivity contribution in [2.45, 2.75) is 79.2 Å². The van der Waals surface area contributed by atoms with Crippen molar-refractivity contribution in [1.82, 2.24) is 0 Å². The number of fused-ring (bicyclic) bond motifs is 2. The van der Waals surface area contributed by atoms with Crippen molar-refractivity contribution in [3.63, 3.8) is 0 Å². The zero-order chi connectivity index (χ0) is 20.1. The Bertz CT molecular complexity index is 798. The summed E-state index contributed by atoms with van der Waals surface area (Å²) in [7, 11) is -1.46. The molecule has 0 spiro atoms. The van der Waals surface area contributed by atoms with E-state index in [1.54, 1.807) is 0 Å². The molecule has 1 radical (unpaired) electrons. The van der Waals surface area contributed by atoms with Gasteiger partial charge in [0.25, 0.3) is 0 Å². The highest BCUT2D eigenvalue weighted by atomic mass is 28.3. The summed E-state index contributed by atoms with van der Waals surface area (Å²) in [6.45, 7) is 20.0. The van der Waals surface area contributed by atoms with Crippen molar-refractivity contribution in [1.29, 1.82) is 0 Å². The van der Waals surface area contributed by atoms with Crippen LogP contribution < -0.4 is 8.85 Å². The average Bonchev–Trinajstić information content (AvgIpc) is 2.48. The average molecular weight is 382 g/mol. The van der Waals surface area contributed by atoms with E-state index in [4.69, 9.17) is 8.85 Å². The van der Waals surface area contributed by atoms with E-state index in [9.17, 15) is 0 Å². The van der Waals surface area contributed by atoms with Crippen LogP contribution in [0.25, 0.3) is 0 Å². The molecule has 2 nitrogen and oxygen atoms in total. The highest BCUT2D eigenvalue weighted by molar-refractivity contribution is 6.44. The maximum absolute atomic E-state index is 6.48. The number of hydrogen-bond donors (Lipinski definition) is 0. The number of rotatable bonds is 0. The molecule has 0 N–H and O–H groups in total. The summed E-state index contributed by atoms with van der Waals surface area (Å²) in [6.07, 6.45) is 0.843. The Morgan fingerprint density at radius 3 is 1.41 bits per heavy atom. The van der Waals surface area contributed by atoms with E-state index in [1.807, 2.05) is 0 Å². The smallest absolute Gasteiger partial charge is 0.510 e. The predicted molar refractivity (Wildman–Crippen MR) is 115 cm³/mol. The zero-order valence-corrected chi connectivity index (χ0v) is 19.3. The lowest BCUT2D eigenvalue weighted by atomic mass is 9.81. The van der Waals surface area contributed by atoms with Crippen molar-refractivity contribution < 1.29 is 8.85 Å². The minimum Gasteiger partial charge on any atom is -0.510 e. The van der Waals surface area contributed by atoms with Gasteiger partial charge in [0, 0.05) is 13.0 Å². The van der Waals surface area contributed by atoms with Gasteiger partial charge in [0.15, 0.2) is 0 Å². The molecular formula is C24H33O2Si. The first kappa shape index (κ1) is 20.0. The summed E-state index contributed by atoms with van der Waals surface area (Å²) in [5, 5.41) is 0. The number of benzene rings is 2. The second kappa shape index (κ2) is 6.70. The van der Waals surface area contributed by atoms with E-state index in [0.717, 1.165) is 17.9 Å². The van der Waals surface area contributed by atoms with E-state index >= 15 is 0 Å². The summed E-state index contributed by atoms with van der Waals surface area (Å²) in [4.78, 5) is 0. The highest BCUT2D eigenvalue weighted by Gasteiger charge is 2.31. The summed E-state index contributed by atoms with van der Waals surface area (Å²) in [6, 6.07) is 9.11. The predicted octanol–water partition coefficient (Wildman–Crippen LogP) is 6.38. The summed E-state index contributed by atoms with van der Waals surface area (Å²) in [5.41, 5.74) is 7.75. The quantitative estimate of drug-likeness (QED) is 0.493. The van der Waals surface area contributed by atoms with Gasteiger partial charge in [-0.25, -0.2) is 0 Å². The summed E-state index contributed by atoms with van der Waals surface area (Å²) >= 11 is 0. The third-order valence-corrected chi connectivity index (χ3v) is 6.09. The van der Waals surface area contributed by atoms with Gasteiger partial charge in [-0.3, -0.25) is 0 Å². The Morgan fingerprint density at radius 1 is 0.704 bits per heavy atom. The molecular weight excluding hydrogens is 348 g/mol. The molecule has 1 aliphatic rings. The first-order valence-electron chi connectivity index (χ1n) is 9.83. The fourth-order valence-corrected chi connectivity index (χ4v) is 4.93. The van der Waals surface area contributed by atoms with Crippen LogP contribution in [0, 0.1) is 13.8 Å². The Balaban J connectivity index is 2.26. The van der Waals surface area contributed by atoms with Crippen molar-refractivity contribution in [3.8, 4) is 11.5 Å². The van der Waals surface area contributed by atoms with Crippen molar-refractivity contribution >= 4 is 9.28 Å². The molecule has 0 amide bonds. The lowest BCUT2D eigenvalue weighted by Crippen LogP contribution is -2.31. The van der Waals surface area contributed by atoms with Crippen LogP contribution in [0.2, 0.25) is 6.55 Å². The molecule has 0 aliphatic carbocycles. The second-order valence-corrected chi connectivity index (χ2v) is 11.4. The van der Waals surface area contributed by atoms with E-state index in [1.165, 1.54) is 33.4 Å². The van der Waals surface area contributed by atoms with E-state index in [2.05, 4.69) is 86.2 Å². The molecule has 3 rings (SSSR count). The molecule has 2 aromatic carbocycles. The SMILES string of the molecule is Cc1cc2c(c(C(C)(C)C)c1)O[Si](C)Oc1c(cc(C)cc1C(C)(C)C)C2. The van der Waals surface area contributed by atoms with E-state index in [-0.39, 0.29) is 10.8 Å². The fourth-order valence-electron chi connectivity index (χ4n) is 3.83. The van der Waals surface area contributed by atoms with Crippen molar-refractivity contribution in [3.05, 3.63) is 57.6 Å². The van der Waals surface area contributed by atoms with Gasteiger partial charge in [-0.2, -0.15) is 0 Å². The second-order valence-electron chi connectivity index (χ2n) is 9.97. The molecule has 0 bridgehead atoms. The minimum absolute atomic E-state index is 0.0312. The normalized spacial score (nSPS) is 15.1. The van der Waals surface area contributed by atoms with Crippen LogP contribution in [0.4, 0.5) is 0 Å². The lowest BCUT2D eigenvalue weighted by Gasteiger charge is -2.32. The van der Waals surface area contributed by atoms with Crippen LogP contribution in [-0.2, 0) is 17.3 Å². The first-order chi connectivity index (χ1) is 12.4. The summed E-state index contributed by atoms with van der Waals surface area (Å²) < 4.78 is 13.0. The third kappa shape index (κ3) is 4.08. The lowest BCUT2D eigenvalue weighted by molar-refractivity contribution is 0.401. The largest absolute Gasteiger partial charge is 0.528 e. The minimum atomic E-state index is -1.46. The van der Waals surface area contributed by atoms with Crippen LogP contribution in [0.1, 0.15) is 74.9 Å². The van der Waals surface area contributed by atoms with Gasteiger partial charge in [0.2, 0.25) is 0 Å². The van der Waals surface area contributed by atoms with Crippen LogP contribution in [-0.4, -0.2) is 9.28 Å². The molecule has 0 saturated carbocycles. The van der Waals surface area contributed by atoms with Gasteiger partial charge in [0.1, 0.15) is 11.5 Å². The Kier molecular flexibility index (Phi) is 4.96. The van der Waals surface area contributed by atoms with Crippen LogP contribution in [0.15, 0.2) is 24.3 Å². The molecule has 2 aromatic rings. The first-order valence-corrected chi connectivity index (χ1v) is 11.6. The van der Waals surface area contributed by atoms with Gasteiger partial charge >= 0.3 is 9.28 Å². The number of hydrogen-bond acceptors (Lipinski definition) is 2. The van der Waals surface area contributed by atoms with Gasteiger partial charge < -0.3 is 8.85 Å². The molecule has 0 unspecified atom stereocenters. The zero-order valence-electron chi connectivity index (χ0n) is 18.3. The molecule has 27 heavy (non-hydrogen) atoms. The summed E-state index contributed by atoms with van der Waals surface area (Å²) in [5.74, 6) is 2.07. The molecule has 1 heterocycles. The topological polar surface area (TPSA) is 18.5 Å². The number of aryl methyl sites for hydroxylation is 2. The maximum Gasteiger partial charge on any atom is 0.528 e. The van der Waals surface area contributed by atoms with Gasteiger partial charge in [-0.05, 0) is 46.9 Å². The van der Waals surface area contributed by atoms with Crippen LogP contribution in [0.3, 0.4) is 0 Å². The molecule has 0 fully saturated rings. The maximum atomic E-state index is 6.48. The monoisotopic (exact) mass is 381 g/mol. The third-order valence-electron chi connectivity index (χ3n) is 5.11. The van der Waals surface area contributed by atoms with Gasteiger partial charge in [-0.1, -0.05) is 76.9 Å². The standard InChI is InChI=1S/C24H33O2Si/c1-15-10-17-14-18-11-16(2)13-20(24(6,7)8)22(18)26-27(9)25-21(17)19(12-15)23(3,4)5/h10-13H,14H2,1-9H3. The van der Waals surface area contributed by atoms with Gasteiger partial charge in [-0.15, -0.1) is 0 Å². The van der Waals surface area contributed by atoms with Gasteiger partial charge in [0.05, 0.1) is 0 Å². The highest BCUT2D eigenvalue weighted by Crippen LogP contribution is 2.42. The van der Waals surface area contributed by atoms with Crippen LogP contribution in [0.5, 0.6) is 11.5 Å². The molecule has 0 saturated heterocycles. The molecule has 0 aromatic heterocycles. The Labute approximate surface area is 166 Å². The van der Waals surface area contributed by atoms with Crippen molar-refractivity contribution in [2.24, 2.45) is 0 Å². The molecule has 145 valence electrons. The molecule has 0 atom stereocenters.